The predicted molar refractivity (Wildman–Crippen MR) is 204 cm³/mol. The molecule has 2 aliphatic rings. The summed E-state index contributed by atoms with van der Waals surface area (Å²) in [5.74, 6) is -0.587. The summed E-state index contributed by atoms with van der Waals surface area (Å²) in [5, 5.41) is 6.06. The number of aryl methyl sites for hydroxylation is 1. The first-order valence-electron chi connectivity index (χ1n) is 16.6. The van der Waals surface area contributed by atoms with Crippen molar-refractivity contribution in [1.82, 2.24) is 15.2 Å². The molecule has 4 N–H and O–H groups in total. The number of thiazole rings is 1. The molecular formula is C37H48ClN7O2S. The lowest BCUT2D eigenvalue weighted by molar-refractivity contribution is -0.116. The molecular weight excluding hydrogens is 642 g/mol. The Balaban J connectivity index is 0.00000307. The lowest BCUT2D eigenvalue weighted by Gasteiger charge is -2.20. The number of nitrogens with two attached hydrogens (primary N) is 1. The fourth-order valence-corrected chi connectivity index (χ4v) is 6.16. The number of hydrogen-bond acceptors (Lipinski definition) is 8. The molecule has 0 saturated heterocycles. The number of para-hydroxylation sites is 1. The molecule has 1 aromatic carbocycles. The molecule has 2 heterocycles. The minimum absolute atomic E-state index is 0.0338. The smallest absolute Gasteiger partial charge is 0.274 e. The van der Waals surface area contributed by atoms with E-state index in [1.807, 2.05) is 52.1 Å². The number of rotatable bonds is 13. The number of aliphatic imine (C=N–C) groups is 2. The van der Waals surface area contributed by atoms with Crippen molar-refractivity contribution in [3.8, 4) is 0 Å². The van der Waals surface area contributed by atoms with Crippen LogP contribution in [0.15, 0.2) is 87.6 Å². The first kappa shape index (κ1) is 38.3. The third-order valence-electron chi connectivity index (χ3n) is 7.63. The summed E-state index contributed by atoms with van der Waals surface area (Å²) in [6.07, 6.45) is 19.8. The van der Waals surface area contributed by atoms with E-state index in [0.29, 0.717) is 23.1 Å². The molecule has 2 amide bonds. The largest absolute Gasteiger partial charge is 0.397 e. The van der Waals surface area contributed by atoms with Crippen molar-refractivity contribution in [1.29, 1.82) is 0 Å². The quantitative estimate of drug-likeness (QED) is 0.0644. The summed E-state index contributed by atoms with van der Waals surface area (Å²) < 4.78 is 0. The van der Waals surface area contributed by atoms with Gasteiger partial charge in [-0.25, -0.2) is 9.98 Å². The molecule has 2 unspecified atom stereocenters. The number of allylic oxidation sites excluding steroid dienone is 7. The van der Waals surface area contributed by atoms with E-state index in [9.17, 15) is 9.59 Å². The predicted octanol–water partition coefficient (Wildman–Crippen LogP) is 8.15. The van der Waals surface area contributed by atoms with Crippen molar-refractivity contribution in [2.45, 2.75) is 72.7 Å². The van der Waals surface area contributed by atoms with Crippen LogP contribution in [0.4, 0.5) is 16.5 Å². The highest BCUT2D eigenvalue weighted by Gasteiger charge is 2.20. The minimum Gasteiger partial charge on any atom is -0.397 e. The molecule has 9 nitrogen and oxygen atoms in total. The Kier molecular flexibility index (Phi) is 15.7. The average molecular weight is 690 g/mol. The Bertz CT molecular complexity index is 1630. The van der Waals surface area contributed by atoms with Crippen LogP contribution in [0.25, 0.3) is 0 Å². The standard InChI is InChI=1S/C35H42ClN7O2S.C2H6/c1-5-24(17-16-23(4)36)20-43(7-3)21-31-29(6-2)41-35(46-31)42-33(44)27-14-11-15-28(37)32(27)39-22-40-34(45)30-18-25-12-9-8-10-13-26(25)19-38-30;1-2/h5,8-9,11-12,14-19,22-23,26H,6-7,10,13,20-21,37H2,1-4H3,(H,39,40,45)(H,41,42,44);1-2H3/b17-16-,24-5+;. The van der Waals surface area contributed by atoms with E-state index in [0.717, 1.165) is 48.5 Å². The molecule has 48 heavy (non-hydrogen) atoms. The van der Waals surface area contributed by atoms with Crippen LogP contribution in [-0.2, 0) is 17.8 Å². The second-order valence-corrected chi connectivity index (χ2v) is 12.7. The number of likely N-dealkylation sites (N-methyl/N-ethyl adjacent to an activating group) is 1. The van der Waals surface area contributed by atoms with Crippen LogP contribution in [0.2, 0.25) is 0 Å². The third-order valence-corrected chi connectivity index (χ3v) is 8.77. The second kappa shape index (κ2) is 19.6. The number of halogens is 1. The van der Waals surface area contributed by atoms with E-state index in [1.165, 1.54) is 23.2 Å². The molecule has 2 aromatic rings. The van der Waals surface area contributed by atoms with E-state index in [4.69, 9.17) is 22.3 Å². The van der Waals surface area contributed by atoms with Gasteiger partial charge in [0.1, 0.15) is 11.4 Å². The summed E-state index contributed by atoms with van der Waals surface area (Å²) in [6.45, 7) is 14.5. The van der Waals surface area contributed by atoms with Crippen LogP contribution in [-0.4, -0.2) is 52.7 Å². The zero-order valence-electron chi connectivity index (χ0n) is 28.8. The van der Waals surface area contributed by atoms with Gasteiger partial charge in [-0.1, -0.05) is 70.2 Å². The Morgan fingerprint density at radius 3 is 2.75 bits per heavy atom. The average Bonchev–Trinajstić information content (AvgIpc) is 3.31. The third kappa shape index (κ3) is 11.0. The number of amides is 2. The van der Waals surface area contributed by atoms with Crippen LogP contribution in [0.3, 0.4) is 0 Å². The molecule has 4 rings (SSSR count). The number of benzene rings is 1. The van der Waals surface area contributed by atoms with E-state index in [1.54, 1.807) is 24.3 Å². The first-order chi connectivity index (χ1) is 23.2. The van der Waals surface area contributed by atoms with Gasteiger partial charge in [-0.15, -0.1) is 22.9 Å². The first-order valence-corrected chi connectivity index (χ1v) is 17.8. The molecule has 11 heteroatoms. The fourth-order valence-electron chi connectivity index (χ4n) is 5.00. The van der Waals surface area contributed by atoms with Gasteiger partial charge < -0.3 is 11.1 Å². The molecule has 2 atom stereocenters. The molecule has 0 radical (unpaired) electrons. The number of nitrogens with zero attached hydrogens (tertiary/aromatic N) is 4. The monoisotopic (exact) mass is 689 g/mol. The second-order valence-electron chi connectivity index (χ2n) is 11.0. The molecule has 0 fully saturated rings. The number of carbonyl (C=O) groups excluding carboxylic acids is 2. The number of alkyl halides is 1. The van der Waals surface area contributed by atoms with Gasteiger partial charge in [-0.05, 0) is 69.0 Å². The number of carbonyl (C=O) groups is 2. The van der Waals surface area contributed by atoms with E-state index in [-0.39, 0.29) is 22.5 Å². The molecule has 0 spiro atoms. The summed E-state index contributed by atoms with van der Waals surface area (Å²) in [6, 6.07) is 4.99. The summed E-state index contributed by atoms with van der Waals surface area (Å²) in [4.78, 5) is 43.1. The van der Waals surface area contributed by atoms with Gasteiger partial charge in [0.2, 0.25) is 0 Å². The maximum atomic E-state index is 13.5. The highest BCUT2D eigenvalue weighted by Crippen LogP contribution is 2.30. The van der Waals surface area contributed by atoms with Crippen molar-refractivity contribution in [2.75, 3.05) is 24.1 Å². The van der Waals surface area contributed by atoms with Gasteiger partial charge in [-0.3, -0.25) is 24.8 Å². The van der Waals surface area contributed by atoms with E-state index in [2.05, 4.69) is 57.6 Å². The summed E-state index contributed by atoms with van der Waals surface area (Å²) in [7, 11) is 0. The van der Waals surface area contributed by atoms with Crippen LogP contribution in [0.1, 0.15) is 75.3 Å². The molecule has 1 aliphatic carbocycles. The maximum absolute atomic E-state index is 13.5. The summed E-state index contributed by atoms with van der Waals surface area (Å²) >= 11 is 7.57. The van der Waals surface area contributed by atoms with Crippen molar-refractivity contribution < 1.29 is 9.59 Å². The molecule has 0 bridgehead atoms. The van der Waals surface area contributed by atoms with Crippen LogP contribution in [0, 0.1) is 5.92 Å². The molecule has 256 valence electrons. The number of anilines is 2. The molecule has 1 aromatic heterocycles. The fraction of sp³-hybridized carbons (Fsp3) is 0.378. The Morgan fingerprint density at radius 1 is 1.25 bits per heavy atom. The van der Waals surface area contributed by atoms with Crippen molar-refractivity contribution in [3.63, 3.8) is 0 Å². The molecule has 0 saturated carbocycles. The number of aromatic nitrogens is 1. The maximum Gasteiger partial charge on any atom is 0.274 e. The SMILES string of the molecule is C/C=C(\C=C/C(C)Cl)CN(CC)Cc1sc(NC(=O)c2cccc(N)c2N=CNC(=O)C2=CC3=CC=CCCC3C=N2)nc1CC.CC. The van der Waals surface area contributed by atoms with Crippen LogP contribution < -0.4 is 16.4 Å². The van der Waals surface area contributed by atoms with Gasteiger partial charge in [0.05, 0.1) is 23.3 Å². The Hall–Kier alpha value is -4.12. The highest BCUT2D eigenvalue weighted by molar-refractivity contribution is 7.15. The van der Waals surface area contributed by atoms with Gasteiger partial charge in [0, 0.05) is 35.5 Å². The number of hydrogen-bond donors (Lipinski definition) is 3. The topological polar surface area (TPSA) is 125 Å². The van der Waals surface area contributed by atoms with Gasteiger partial charge in [0.25, 0.3) is 11.8 Å². The van der Waals surface area contributed by atoms with Gasteiger partial charge >= 0.3 is 0 Å². The zero-order chi connectivity index (χ0) is 35.1. The van der Waals surface area contributed by atoms with Gasteiger partial charge in [0.15, 0.2) is 5.13 Å². The normalized spacial score (nSPS) is 16.6. The highest BCUT2D eigenvalue weighted by atomic mass is 35.5. The lowest BCUT2D eigenvalue weighted by atomic mass is 9.93. The van der Waals surface area contributed by atoms with Crippen LogP contribution in [0.5, 0.6) is 0 Å². The zero-order valence-corrected chi connectivity index (χ0v) is 30.4. The van der Waals surface area contributed by atoms with E-state index < -0.39 is 11.8 Å². The number of nitrogens with one attached hydrogen (secondary N) is 2. The van der Waals surface area contributed by atoms with E-state index >= 15 is 0 Å². The Labute approximate surface area is 294 Å². The van der Waals surface area contributed by atoms with Gasteiger partial charge in [-0.2, -0.15) is 0 Å². The lowest BCUT2D eigenvalue weighted by Crippen LogP contribution is -2.25. The Morgan fingerprint density at radius 2 is 2.04 bits per heavy atom. The van der Waals surface area contributed by atoms with Crippen LogP contribution >= 0.6 is 22.9 Å². The number of nitrogen functional groups attached to an aromatic ring is 1. The van der Waals surface area contributed by atoms with Crippen molar-refractivity contribution in [2.24, 2.45) is 15.9 Å². The summed E-state index contributed by atoms with van der Waals surface area (Å²) in [5.41, 5.74) is 10.5. The number of fused-ring (bicyclic) bond motifs is 1. The van der Waals surface area contributed by atoms with Crippen molar-refractivity contribution >= 4 is 63.8 Å². The van der Waals surface area contributed by atoms with Crippen molar-refractivity contribution in [3.05, 3.63) is 93.7 Å². The minimum atomic E-state index is -0.400. The molecule has 1 aliphatic heterocycles.